The molecule has 2 heterocycles. The summed E-state index contributed by atoms with van der Waals surface area (Å²) in [6.07, 6.45) is 0. The number of nitrogens with zero attached hydrogens (tertiary/aromatic N) is 4. The Bertz CT molecular complexity index is 3650. The molecule has 0 N–H and O–H groups in total. The molecular formula is C62H40N4. The highest BCUT2D eigenvalue weighted by atomic mass is 15.0. The highest BCUT2D eigenvalue weighted by Crippen LogP contribution is 2.41. The molecule has 0 aliphatic carbocycles. The molecule has 0 aliphatic heterocycles. The molecule has 4 heteroatoms. The maximum atomic E-state index is 5.28. The summed E-state index contributed by atoms with van der Waals surface area (Å²) in [5, 5.41) is 5.70. The van der Waals surface area contributed by atoms with Crippen molar-refractivity contribution in [2.24, 2.45) is 0 Å². The molecule has 0 fully saturated rings. The van der Waals surface area contributed by atoms with Gasteiger partial charge < -0.3 is 0 Å². The van der Waals surface area contributed by atoms with E-state index in [9.17, 15) is 0 Å². The lowest BCUT2D eigenvalue weighted by atomic mass is 9.90. The topological polar surface area (TPSA) is 51.6 Å². The van der Waals surface area contributed by atoms with Crippen LogP contribution in [0.25, 0.3) is 122 Å². The fourth-order valence-corrected chi connectivity index (χ4v) is 9.28. The summed E-state index contributed by atoms with van der Waals surface area (Å²) >= 11 is 0. The molecule has 0 bridgehead atoms. The van der Waals surface area contributed by atoms with E-state index in [-0.39, 0.29) is 0 Å². The van der Waals surface area contributed by atoms with E-state index in [0.717, 1.165) is 94.1 Å². The maximum absolute atomic E-state index is 5.28. The summed E-state index contributed by atoms with van der Waals surface area (Å²) < 4.78 is 0. The summed E-state index contributed by atoms with van der Waals surface area (Å²) in [5.41, 5.74) is 14.8. The average molecular weight is 841 g/mol. The molecule has 308 valence electrons. The molecule has 0 saturated carbocycles. The van der Waals surface area contributed by atoms with Crippen LogP contribution in [-0.4, -0.2) is 19.9 Å². The third kappa shape index (κ3) is 7.27. The van der Waals surface area contributed by atoms with Crippen molar-refractivity contribution in [1.82, 2.24) is 19.9 Å². The number of rotatable bonds is 8. The van der Waals surface area contributed by atoms with Crippen LogP contribution in [0.2, 0.25) is 0 Å². The van der Waals surface area contributed by atoms with Crippen molar-refractivity contribution in [3.63, 3.8) is 0 Å². The van der Waals surface area contributed by atoms with E-state index >= 15 is 0 Å². The third-order valence-corrected chi connectivity index (χ3v) is 12.5. The second-order valence-corrected chi connectivity index (χ2v) is 16.6. The monoisotopic (exact) mass is 840 g/mol. The fourth-order valence-electron chi connectivity index (χ4n) is 9.28. The van der Waals surface area contributed by atoms with Crippen LogP contribution in [0.4, 0.5) is 0 Å². The highest BCUT2D eigenvalue weighted by Gasteiger charge is 2.19. The first kappa shape index (κ1) is 38.8. The van der Waals surface area contributed by atoms with Gasteiger partial charge in [0, 0.05) is 27.6 Å². The molecule has 0 saturated heterocycles. The Balaban J connectivity index is 1.02. The Morgan fingerprint density at radius 3 is 1.29 bits per heavy atom. The second kappa shape index (κ2) is 16.7. The van der Waals surface area contributed by atoms with E-state index in [1.165, 1.54) is 10.8 Å². The van der Waals surface area contributed by atoms with E-state index in [4.69, 9.17) is 19.9 Å². The van der Waals surface area contributed by atoms with Gasteiger partial charge >= 0.3 is 0 Å². The fraction of sp³-hybridized carbons (Fsp3) is 0. The Kier molecular flexibility index (Phi) is 9.81. The van der Waals surface area contributed by atoms with Crippen LogP contribution in [0.1, 0.15) is 0 Å². The van der Waals surface area contributed by atoms with Gasteiger partial charge in [-0.1, -0.05) is 206 Å². The zero-order valence-corrected chi connectivity index (χ0v) is 35.9. The van der Waals surface area contributed by atoms with Gasteiger partial charge in [0.25, 0.3) is 0 Å². The SMILES string of the molecule is c1ccc(-c2cccc(-c3nc(-c4cccc(-c5ccccc5)c4)nc(-c4ccc(-c5cccc(-c6cc(-c7ccccc7)nc7ccc8ccccc8c67)c5)c5ccccc45)n3)c2)cc1. The van der Waals surface area contributed by atoms with Crippen LogP contribution in [0.15, 0.2) is 243 Å². The largest absolute Gasteiger partial charge is 0.248 e. The Labute approximate surface area is 383 Å². The number of aromatic nitrogens is 4. The third-order valence-electron chi connectivity index (χ3n) is 12.5. The molecule has 0 spiro atoms. The minimum Gasteiger partial charge on any atom is -0.248 e. The molecule has 66 heavy (non-hydrogen) atoms. The summed E-state index contributed by atoms with van der Waals surface area (Å²) in [4.78, 5) is 21.0. The zero-order chi connectivity index (χ0) is 43.8. The van der Waals surface area contributed by atoms with Crippen molar-refractivity contribution in [2.75, 3.05) is 0 Å². The zero-order valence-electron chi connectivity index (χ0n) is 35.9. The minimum atomic E-state index is 0.616. The molecule has 0 radical (unpaired) electrons. The molecule has 12 aromatic rings. The van der Waals surface area contributed by atoms with Crippen molar-refractivity contribution in [2.45, 2.75) is 0 Å². The van der Waals surface area contributed by atoms with E-state index in [1.807, 2.05) is 18.2 Å². The first-order valence-corrected chi connectivity index (χ1v) is 22.3. The van der Waals surface area contributed by atoms with E-state index in [1.54, 1.807) is 0 Å². The van der Waals surface area contributed by atoms with Crippen LogP contribution < -0.4 is 0 Å². The van der Waals surface area contributed by atoms with E-state index in [2.05, 4.69) is 224 Å². The summed E-state index contributed by atoms with van der Waals surface area (Å²) in [5.74, 6) is 1.85. The van der Waals surface area contributed by atoms with E-state index in [0.29, 0.717) is 17.5 Å². The van der Waals surface area contributed by atoms with Gasteiger partial charge in [-0.2, -0.15) is 0 Å². The predicted molar refractivity (Wildman–Crippen MR) is 274 cm³/mol. The Morgan fingerprint density at radius 1 is 0.227 bits per heavy atom. The maximum Gasteiger partial charge on any atom is 0.164 e. The highest BCUT2D eigenvalue weighted by molar-refractivity contribution is 6.14. The molecule has 0 aliphatic rings. The van der Waals surface area contributed by atoms with Crippen LogP contribution in [-0.2, 0) is 0 Å². The van der Waals surface area contributed by atoms with Gasteiger partial charge in [0.15, 0.2) is 17.5 Å². The molecule has 4 nitrogen and oxygen atoms in total. The lowest BCUT2D eigenvalue weighted by Gasteiger charge is -2.16. The van der Waals surface area contributed by atoms with E-state index < -0.39 is 0 Å². The van der Waals surface area contributed by atoms with Crippen LogP contribution >= 0.6 is 0 Å². The van der Waals surface area contributed by atoms with Gasteiger partial charge in [0.2, 0.25) is 0 Å². The van der Waals surface area contributed by atoms with Crippen molar-refractivity contribution >= 4 is 32.4 Å². The molecular weight excluding hydrogens is 801 g/mol. The first-order valence-electron chi connectivity index (χ1n) is 22.3. The van der Waals surface area contributed by atoms with Crippen molar-refractivity contribution in [1.29, 1.82) is 0 Å². The summed E-state index contributed by atoms with van der Waals surface area (Å²) in [6.45, 7) is 0. The van der Waals surface area contributed by atoms with Crippen LogP contribution in [0.5, 0.6) is 0 Å². The number of pyridine rings is 1. The first-order chi connectivity index (χ1) is 32.7. The standard InChI is InChI=1S/C62H40N4/c1-4-17-41(18-5-1)45-24-14-28-49(37-45)60-64-61(50-29-15-25-46(38-50)42-19-6-2-7-20-42)66-62(65-60)55-35-34-51(53-31-12-13-32-54(53)55)47-26-16-27-48(39-47)56-40-58(44-22-8-3-9-23-44)63-57-36-33-43-21-10-11-30-52(43)59(56)57/h1-40H. The van der Waals surface area contributed by atoms with Gasteiger partial charge in [-0.25, -0.2) is 19.9 Å². The Hall–Kier alpha value is -8.86. The molecule has 0 amide bonds. The second-order valence-electron chi connectivity index (χ2n) is 16.6. The lowest BCUT2D eigenvalue weighted by molar-refractivity contribution is 1.08. The summed E-state index contributed by atoms with van der Waals surface area (Å²) in [6, 6.07) is 85.4. The van der Waals surface area contributed by atoms with Gasteiger partial charge in [0.05, 0.1) is 11.2 Å². The number of fused-ring (bicyclic) bond motifs is 4. The number of benzene rings is 10. The predicted octanol–water partition coefficient (Wildman–Crippen LogP) is 16.1. The number of hydrogen-bond donors (Lipinski definition) is 0. The summed E-state index contributed by atoms with van der Waals surface area (Å²) in [7, 11) is 0. The van der Waals surface area contributed by atoms with Crippen molar-refractivity contribution in [3.05, 3.63) is 243 Å². The lowest BCUT2D eigenvalue weighted by Crippen LogP contribution is -2.01. The van der Waals surface area contributed by atoms with Crippen molar-refractivity contribution in [3.8, 4) is 89.9 Å². The van der Waals surface area contributed by atoms with Gasteiger partial charge in [-0.3, -0.25) is 0 Å². The number of hydrogen-bond acceptors (Lipinski definition) is 4. The van der Waals surface area contributed by atoms with Gasteiger partial charge in [-0.15, -0.1) is 0 Å². The molecule has 0 atom stereocenters. The van der Waals surface area contributed by atoms with Gasteiger partial charge in [-0.05, 0) is 102 Å². The van der Waals surface area contributed by atoms with Crippen molar-refractivity contribution < 1.29 is 0 Å². The average Bonchev–Trinajstić information content (AvgIpc) is 3.41. The quantitative estimate of drug-likeness (QED) is 0.143. The molecule has 12 rings (SSSR count). The molecule has 0 unspecified atom stereocenters. The van der Waals surface area contributed by atoms with Crippen LogP contribution in [0.3, 0.4) is 0 Å². The molecule has 2 aromatic heterocycles. The minimum absolute atomic E-state index is 0.616. The van der Waals surface area contributed by atoms with Gasteiger partial charge in [0.1, 0.15) is 0 Å². The van der Waals surface area contributed by atoms with Crippen LogP contribution in [0, 0.1) is 0 Å². The normalized spacial score (nSPS) is 11.3. The molecule has 10 aromatic carbocycles. The Morgan fingerprint density at radius 2 is 0.667 bits per heavy atom. The smallest absolute Gasteiger partial charge is 0.164 e.